The van der Waals surface area contributed by atoms with Gasteiger partial charge in [0, 0.05) is 0 Å². The first-order valence-electron chi connectivity index (χ1n) is 7.70. The molecule has 2 rings (SSSR count). The van der Waals surface area contributed by atoms with Crippen LogP contribution in [0, 0.1) is 5.92 Å². The van der Waals surface area contributed by atoms with Crippen molar-refractivity contribution in [2.75, 3.05) is 11.5 Å². The van der Waals surface area contributed by atoms with E-state index in [-0.39, 0.29) is 28.9 Å². The molecule has 1 heterocycles. The minimum atomic E-state index is -3.02. The molecule has 1 N–H and O–H groups in total. The number of carbonyl (C=O) groups is 1. The zero-order chi connectivity index (χ0) is 16.5. The zero-order valence-electron chi connectivity index (χ0n) is 13.7. The van der Waals surface area contributed by atoms with Gasteiger partial charge >= 0.3 is 0 Å². The van der Waals surface area contributed by atoms with Gasteiger partial charge in [-0.2, -0.15) is 0 Å². The van der Waals surface area contributed by atoms with E-state index in [1.807, 2.05) is 19.1 Å². The van der Waals surface area contributed by atoms with Crippen LogP contribution < -0.4 is 5.32 Å². The molecule has 0 spiro atoms. The van der Waals surface area contributed by atoms with Gasteiger partial charge in [0.05, 0.1) is 23.5 Å². The molecule has 1 aliphatic rings. The number of sulfone groups is 1. The highest BCUT2D eigenvalue weighted by atomic mass is 32.2. The molecule has 22 heavy (non-hydrogen) atoms. The van der Waals surface area contributed by atoms with Crippen molar-refractivity contribution in [1.29, 1.82) is 0 Å². The third-order valence-corrected chi connectivity index (χ3v) is 6.01. The number of nitrogens with one attached hydrogen (secondary N) is 1. The molecule has 1 aromatic rings. The lowest BCUT2D eigenvalue weighted by atomic mass is 9.86. The maximum Gasteiger partial charge on any atom is 0.224 e. The van der Waals surface area contributed by atoms with Gasteiger partial charge in [-0.05, 0) is 29.9 Å². The average molecular weight is 323 g/mol. The van der Waals surface area contributed by atoms with E-state index < -0.39 is 15.8 Å². The van der Waals surface area contributed by atoms with Crippen molar-refractivity contribution in [3.8, 4) is 0 Å². The first kappa shape index (κ1) is 17.0. The SMILES string of the molecule is CC(NC(=O)C1CCS(=O)(=O)C1)c1ccc(C(C)(C)C)cc1. The fraction of sp³-hybridized carbons (Fsp3) is 0.588. The molecule has 1 aliphatic heterocycles. The summed E-state index contributed by atoms with van der Waals surface area (Å²) in [7, 11) is -3.02. The molecule has 0 radical (unpaired) electrons. The minimum absolute atomic E-state index is 0.0193. The van der Waals surface area contributed by atoms with Crippen LogP contribution in [0.4, 0.5) is 0 Å². The van der Waals surface area contributed by atoms with Crippen LogP contribution in [0.5, 0.6) is 0 Å². The fourth-order valence-electron chi connectivity index (χ4n) is 2.69. The Balaban J connectivity index is 2.00. The molecular formula is C17H25NO3S. The topological polar surface area (TPSA) is 63.2 Å². The molecule has 0 aromatic heterocycles. The van der Waals surface area contributed by atoms with Crippen molar-refractivity contribution in [1.82, 2.24) is 5.32 Å². The van der Waals surface area contributed by atoms with E-state index in [4.69, 9.17) is 0 Å². The summed E-state index contributed by atoms with van der Waals surface area (Å²) >= 11 is 0. The molecule has 1 aromatic carbocycles. The van der Waals surface area contributed by atoms with Gasteiger partial charge in [-0.15, -0.1) is 0 Å². The molecular weight excluding hydrogens is 298 g/mol. The van der Waals surface area contributed by atoms with Gasteiger partial charge in [0.2, 0.25) is 5.91 Å². The van der Waals surface area contributed by atoms with Crippen LogP contribution in [-0.4, -0.2) is 25.8 Å². The summed E-state index contributed by atoms with van der Waals surface area (Å²) in [5.41, 5.74) is 2.38. The summed E-state index contributed by atoms with van der Waals surface area (Å²) in [6.45, 7) is 8.41. The van der Waals surface area contributed by atoms with Crippen molar-refractivity contribution in [3.63, 3.8) is 0 Å². The van der Waals surface area contributed by atoms with Gasteiger partial charge in [-0.25, -0.2) is 8.42 Å². The van der Waals surface area contributed by atoms with Gasteiger partial charge in [0.15, 0.2) is 9.84 Å². The average Bonchev–Trinajstić information content (AvgIpc) is 2.78. The Morgan fingerprint density at radius 3 is 2.27 bits per heavy atom. The Labute approximate surface area is 133 Å². The Bertz CT molecular complexity index is 641. The molecule has 0 bridgehead atoms. The largest absolute Gasteiger partial charge is 0.349 e. The van der Waals surface area contributed by atoms with Crippen molar-refractivity contribution in [2.24, 2.45) is 5.92 Å². The molecule has 1 amide bonds. The predicted octanol–water partition coefficient (Wildman–Crippen LogP) is 2.60. The molecule has 2 atom stereocenters. The van der Waals surface area contributed by atoms with Crippen LogP contribution in [0.15, 0.2) is 24.3 Å². The maximum atomic E-state index is 12.2. The third kappa shape index (κ3) is 4.09. The van der Waals surface area contributed by atoms with Crippen LogP contribution in [0.2, 0.25) is 0 Å². The van der Waals surface area contributed by atoms with Crippen LogP contribution in [0.25, 0.3) is 0 Å². The first-order chi connectivity index (χ1) is 10.1. The van der Waals surface area contributed by atoms with Crippen LogP contribution in [0.1, 0.15) is 51.3 Å². The smallest absolute Gasteiger partial charge is 0.224 e. The standard InChI is InChI=1S/C17H25NO3S/c1-12(13-5-7-15(8-6-13)17(2,3)4)18-16(19)14-9-10-22(20,21)11-14/h5-8,12,14H,9-11H2,1-4H3,(H,18,19). The highest BCUT2D eigenvalue weighted by Crippen LogP contribution is 2.24. The highest BCUT2D eigenvalue weighted by molar-refractivity contribution is 7.91. The van der Waals surface area contributed by atoms with Gasteiger partial charge in [-0.1, -0.05) is 45.0 Å². The Hall–Kier alpha value is -1.36. The predicted molar refractivity (Wildman–Crippen MR) is 88.5 cm³/mol. The van der Waals surface area contributed by atoms with Gasteiger partial charge in [0.25, 0.3) is 0 Å². The summed E-state index contributed by atoms with van der Waals surface area (Å²) in [6, 6.07) is 8.09. The maximum absolute atomic E-state index is 12.2. The lowest BCUT2D eigenvalue weighted by Gasteiger charge is -2.21. The Kier molecular flexibility index (Phi) is 4.66. The quantitative estimate of drug-likeness (QED) is 0.930. The second-order valence-electron chi connectivity index (χ2n) is 7.20. The van der Waals surface area contributed by atoms with Gasteiger partial charge < -0.3 is 5.32 Å². The van der Waals surface area contributed by atoms with E-state index in [9.17, 15) is 13.2 Å². The monoisotopic (exact) mass is 323 g/mol. The molecule has 1 saturated heterocycles. The number of rotatable bonds is 3. The summed E-state index contributed by atoms with van der Waals surface area (Å²) in [4.78, 5) is 12.2. The normalized spacial score (nSPS) is 22.3. The van der Waals surface area contributed by atoms with Gasteiger partial charge in [0.1, 0.15) is 0 Å². The molecule has 4 nitrogen and oxygen atoms in total. The third-order valence-electron chi connectivity index (χ3n) is 4.24. The van der Waals surface area contributed by atoms with E-state index >= 15 is 0 Å². The number of benzene rings is 1. The van der Waals surface area contributed by atoms with Crippen molar-refractivity contribution in [3.05, 3.63) is 35.4 Å². The van der Waals surface area contributed by atoms with E-state index in [1.165, 1.54) is 5.56 Å². The highest BCUT2D eigenvalue weighted by Gasteiger charge is 2.33. The van der Waals surface area contributed by atoms with Crippen molar-refractivity contribution < 1.29 is 13.2 Å². The Morgan fingerprint density at radius 1 is 1.23 bits per heavy atom. The molecule has 2 unspecified atom stereocenters. The minimum Gasteiger partial charge on any atom is -0.349 e. The number of amides is 1. The summed E-state index contributed by atoms with van der Waals surface area (Å²) < 4.78 is 22.9. The van der Waals surface area contributed by atoms with E-state index in [1.54, 1.807) is 0 Å². The number of hydrogen-bond donors (Lipinski definition) is 1. The van der Waals surface area contributed by atoms with Crippen LogP contribution in [0.3, 0.4) is 0 Å². The van der Waals surface area contributed by atoms with Crippen LogP contribution >= 0.6 is 0 Å². The number of carbonyl (C=O) groups excluding carboxylic acids is 1. The van der Waals surface area contributed by atoms with Crippen molar-refractivity contribution in [2.45, 2.75) is 45.6 Å². The van der Waals surface area contributed by atoms with E-state index in [2.05, 4.69) is 38.2 Å². The second kappa shape index (κ2) is 6.03. The summed E-state index contributed by atoms with van der Waals surface area (Å²) in [6.07, 6.45) is 0.434. The summed E-state index contributed by atoms with van der Waals surface area (Å²) in [5, 5.41) is 2.93. The van der Waals surface area contributed by atoms with Gasteiger partial charge in [-0.3, -0.25) is 4.79 Å². The van der Waals surface area contributed by atoms with Crippen LogP contribution in [-0.2, 0) is 20.0 Å². The zero-order valence-corrected chi connectivity index (χ0v) is 14.5. The van der Waals surface area contributed by atoms with E-state index in [0.29, 0.717) is 6.42 Å². The summed E-state index contributed by atoms with van der Waals surface area (Å²) in [5.74, 6) is -0.455. The van der Waals surface area contributed by atoms with Crippen molar-refractivity contribution >= 4 is 15.7 Å². The molecule has 1 fully saturated rings. The molecule has 5 heteroatoms. The number of hydrogen-bond acceptors (Lipinski definition) is 3. The van der Waals surface area contributed by atoms with E-state index in [0.717, 1.165) is 5.56 Å². The Morgan fingerprint density at radius 2 is 1.82 bits per heavy atom. The fourth-order valence-corrected chi connectivity index (χ4v) is 4.43. The molecule has 0 aliphatic carbocycles. The lowest BCUT2D eigenvalue weighted by molar-refractivity contribution is -0.124. The first-order valence-corrected chi connectivity index (χ1v) is 9.52. The second-order valence-corrected chi connectivity index (χ2v) is 9.43. The molecule has 0 saturated carbocycles. The lowest BCUT2D eigenvalue weighted by Crippen LogP contribution is -2.33. The molecule has 122 valence electrons.